The molecule has 0 radical (unpaired) electrons. The predicted octanol–water partition coefficient (Wildman–Crippen LogP) is 2.83. The molecule has 0 aliphatic carbocycles. The third-order valence-corrected chi connectivity index (χ3v) is 3.16. The first-order chi connectivity index (χ1) is 9.35. The number of benzene rings is 1. The summed E-state index contributed by atoms with van der Waals surface area (Å²) in [6.45, 7) is 7.80. The number of aliphatic carboxylic acids is 1. The normalized spacial score (nSPS) is 13.8. The summed E-state index contributed by atoms with van der Waals surface area (Å²) in [5.74, 6) is -0.232. The number of hydrogen-bond acceptors (Lipinski definition) is 3. The fourth-order valence-corrected chi connectivity index (χ4v) is 2.35. The van der Waals surface area contributed by atoms with Crippen molar-refractivity contribution in [1.82, 2.24) is 0 Å². The van der Waals surface area contributed by atoms with Crippen LogP contribution >= 0.6 is 0 Å². The third kappa shape index (κ3) is 4.53. The lowest BCUT2D eigenvalue weighted by Crippen LogP contribution is -2.27. The fraction of sp³-hybridized carbons (Fsp3) is 0.562. The number of carboxylic acid groups (broad SMARTS) is 1. The third-order valence-electron chi connectivity index (χ3n) is 3.16. The minimum Gasteiger partial charge on any atom is -0.479 e. The molecule has 0 saturated heterocycles. The minimum absolute atomic E-state index is 0.104. The zero-order valence-electron chi connectivity index (χ0n) is 12.8. The van der Waals surface area contributed by atoms with Crippen molar-refractivity contribution in [1.29, 1.82) is 0 Å². The highest BCUT2D eigenvalue weighted by atomic mass is 16.5. The van der Waals surface area contributed by atoms with Crippen molar-refractivity contribution in [2.75, 3.05) is 0 Å². The van der Waals surface area contributed by atoms with Crippen molar-refractivity contribution in [2.24, 2.45) is 5.73 Å². The Balaban J connectivity index is 2.98. The Labute approximate surface area is 120 Å². The Hall–Kier alpha value is -1.55. The van der Waals surface area contributed by atoms with Gasteiger partial charge in [-0.1, -0.05) is 25.5 Å². The molecule has 0 fully saturated rings. The highest BCUT2D eigenvalue weighted by Gasteiger charge is 2.20. The first-order valence-electron chi connectivity index (χ1n) is 7.10. The van der Waals surface area contributed by atoms with E-state index in [0.717, 1.165) is 29.5 Å². The summed E-state index contributed by atoms with van der Waals surface area (Å²) in [4.78, 5) is 11.2. The average molecular weight is 279 g/mol. The SMILES string of the molecule is CCCC(Oc1c(C)cc(CC(C)N)cc1C)C(=O)O. The van der Waals surface area contributed by atoms with Gasteiger partial charge in [-0.15, -0.1) is 0 Å². The van der Waals surface area contributed by atoms with Gasteiger partial charge in [0.25, 0.3) is 0 Å². The number of aryl methyl sites for hydroxylation is 2. The second-order valence-corrected chi connectivity index (χ2v) is 5.47. The zero-order valence-corrected chi connectivity index (χ0v) is 12.8. The van der Waals surface area contributed by atoms with Gasteiger partial charge in [-0.3, -0.25) is 0 Å². The van der Waals surface area contributed by atoms with Crippen LogP contribution in [0.15, 0.2) is 12.1 Å². The van der Waals surface area contributed by atoms with Crippen molar-refractivity contribution >= 4 is 5.97 Å². The van der Waals surface area contributed by atoms with E-state index in [2.05, 4.69) is 0 Å². The average Bonchev–Trinajstić information content (AvgIpc) is 2.31. The Morgan fingerprint density at radius 3 is 2.30 bits per heavy atom. The molecule has 3 N–H and O–H groups in total. The molecule has 0 amide bonds. The minimum atomic E-state index is -0.912. The lowest BCUT2D eigenvalue weighted by atomic mass is 10.0. The molecule has 0 saturated carbocycles. The molecule has 4 nitrogen and oxygen atoms in total. The quantitative estimate of drug-likeness (QED) is 0.805. The van der Waals surface area contributed by atoms with Crippen LogP contribution in [0, 0.1) is 13.8 Å². The van der Waals surface area contributed by atoms with Gasteiger partial charge in [0.1, 0.15) is 5.75 Å². The summed E-state index contributed by atoms with van der Waals surface area (Å²) < 4.78 is 5.71. The molecule has 112 valence electrons. The second-order valence-electron chi connectivity index (χ2n) is 5.47. The Morgan fingerprint density at radius 1 is 1.35 bits per heavy atom. The summed E-state index contributed by atoms with van der Waals surface area (Å²) in [6.07, 6.45) is 1.31. The first-order valence-corrected chi connectivity index (χ1v) is 7.10. The Bertz CT molecular complexity index is 446. The maximum Gasteiger partial charge on any atom is 0.344 e. The fourth-order valence-electron chi connectivity index (χ4n) is 2.35. The topological polar surface area (TPSA) is 72.5 Å². The molecule has 0 aromatic heterocycles. The van der Waals surface area contributed by atoms with Crippen LogP contribution in [0.5, 0.6) is 5.75 Å². The number of carbonyl (C=O) groups is 1. The van der Waals surface area contributed by atoms with Gasteiger partial charge in [-0.05, 0) is 50.3 Å². The van der Waals surface area contributed by atoms with Crippen LogP contribution in [0.25, 0.3) is 0 Å². The Kier molecular flexibility index (Phi) is 6.02. The van der Waals surface area contributed by atoms with Crippen LogP contribution in [-0.2, 0) is 11.2 Å². The van der Waals surface area contributed by atoms with Gasteiger partial charge in [0.05, 0.1) is 0 Å². The van der Waals surface area contributed by atoms with E-state index in [0.29, 0.717) is 12.2 Å². The molecule has 20 heavy (non-hydrogen) atoms. The molecule has 1 aromatic rings. The lowest BCUT2D eigenvalue weighted by Gasteiger charge is -2.19. The van der Waals surface area contributed by atoms with E-state index in [4.69, 9.17) is 10.5 Å². The highest BCUT2D eigenvalue weighted by Crippen LogP contribution is 2.27. The summed E-state index contributed by atoms with van der Waals surface area (Å²) in [7, 11) is 0. The van der Waals surface area contributed by atoms with Crippen molar-refractivity contribution in [3.8, 4) is 5.75 Å². The molecule has 0 aliphatic heterocycles. The molecule has 4 heteroatoms. The number of nitrogens with two attached hydrogens (primary N) is 1. The molecular weight excluding hydrogens is 254 g/mol. The monoisotopic (exact) mass is 279 g/mol. The molecule has 1 rings (SSSR count). The van der Waals surface area contributed by atoms with Crippen LogP contribution in [-0.4, -0.2) is 23.2 Å². The van der Waals surface area contributed by atoms with Crippen LogP contribution in [0.1, 0.15) is 43.4 Å². The smallest absolute Gasteiger partial charge is 0.344 e. The summed E-state index contributed by atoms with van der Waals surface area (Å²) in [5.41, 5.74) is 8.89. The summed E-state index contributed by atoms with van der Waals surface area (Å²) >= 11 is 0. The molecular formula is C16H25NO3. The van der Waals surface area contributed by atoms with E-state index in [-0.39, 0.29) is 6.04 Å². The van der Waals surface area contributed by atoms with Gasteiger partial charge in [0, 0.05) is 6.04 Å². The van der Waals surface area contributed by atoms with Crippen molar-refractivity contribution in [2.45, 2.75) is 59.1 Å². The number of hydrogen-bond donors (Lipinski definition) is 2. The predicted molar refractivity (Wildman–Crippen MR) is 80.2 cm³/mol. The maximum absolute atomic E-state index is 11.2. The molecule has 0 spiro atoms. The zero-order chi connectivity index (χ0) is 15.3. The van der Waals surface area contributed by atoms with E-state index in [9.17, 15) is 9.90 Å². The van der Waals surface area contributed by atoms with Gasteiger partial charge in [0.2, 0.25) is 0 Å². The first kappa shape index (κ1) is 16.5. The van der Waals surface area contributed by atoms with Crippen molar-refractivity contribution in [3.05, 3.63) is 28.8 Å². The number of carboxylic acids is 1. The van der Waals surface area contributed by atoms with E-state index >= 15 is 0 Å². The molecule has 1 aromatic carbocycles. The summed E-state index contributed by atoms with van der Waals surface area (Å²) in [6, 6.07) is 4.15. The van der Waals surface area contributed by atoms with E-state index in [1.807, 2.05) is 39.8 Å². The standard InChI is InChI=1S/C16H25NO3/c1-5-6-14(16(18)19)20-15-10(2)7-13(8-11(15)3)9-12(4)17/h7-8,12,14H,5-6,9,17H2,1-4H3,(H,18,19). The van der Waals surface area contributed by atoms with Gasteiger partial charge in [-0.2, -0.15) is 0 Å². The van der Waals surface area contributed by atoms with Crippen LogP contribution in [0.2, 0.25) is 0 Å². The van der Waals surface area contributed by atoms with E-state index in [1.165, 1.54) is 0 Å². The van der Waals surface area contributed by atoms with Crippen LogP contribution in [0.3, 0.4) is 0 Å². The van der Waals surface area contributed by atoms with E-state index in [1.54, 1.807) is 0 Å². The highest BCUT2D eigenvalue weighted by molar-refractivity contribution is 5.72. The van der Waals surface area contributed by atoms with Crippen LogP contribution in [0.4, 0.5) is 0 Å². The Morgan fingerprint density at radius 2 is 1.90 bits per heavy atom. The number of ether oxygens (including phenoxy) is 1. The van der Waals surface area contributed by atoms with E-state index < -0.39 is 12.1 Å². The van der Waals surface area contributed by atoms with Crippen LogP contribution < -0.4 is 10.5 Å². The van der Waals surface area contributed by atoms with Gasteiger partial charge >= 0.3 is 5.97 Å². The molecule has 2 atom stereocenters. The molecule has 0 aliphatic rings. The van der Waals surface area contributed by atoms with Gasteiger partial charge in [0.15, 0.2) is 6.10 Å². The summed E-state index contributed by atoms with van der Waals surface area (Å²) in [5, 5.41) is 9.18. The maximum atomic E-state index is 11.2. The van der Waals surface area contributed by atoms with Crippen molar-refractivity contribution in [3.63, 3.8) is 0 Å². The largest absolute Gasteiger partial charge is 0.479 e. The molecule has 0 heterocycles. The number of rotatable bonds is 7. The van der Waals surface area contributed by atoms with Gasteiger partial charge in [-0.25, -0.2) is 4.79 Å². The molecule has 2 unspecified atom stereocenters. The van der Waals surface area contributed by atoms with Crippen molar-refractivity contribution < 1.29 is 14.6 Å². The molecule has 0 bridgehead atoms. The van der Waals surface area contributed by atoms with Gasteiger partial charge < -0.3 is 15.6 Å². The lowest BCUT2D eigenvalue weighted by molar-refractivity contribution is -0.145. The second kappa shape index (κ2) is 7.29.